The van der Waals surface area contributed by atoms with E-state index in [9.17, 15) is 14.4 Å². The summed E-state index contributed by atoms with van der Waals surface area (Å²) in [5.41, 5.74) is 0.187. The highest BCUT2D eigenvalue weighted by Crippen LogP contribution is 2.16. The predicted octanol–water partition coefficient (Wildman–Crippen LogP) is 1.48. The van der Waals surface area contributed by atoms with Gasteiger partial charge in [0.1, 0.15) is 24.4 Å². The van der Waals surface area contributed by atoms with E-state index in [0.29, 0.717) is 0 Å². The van der Waals surface area contributed by atoms with Gasteiger partial charge in [-0.05, 0) is 26.3 Å². The molecule has 0 radical (unpaired) electrons. The van der Waals surface area contributed by atoms with Gasteiger partial charge >= 0.3 is 12.1 Å². The number of nitrogens with zero attached hydrogens (tertiary/aromatic N) is 1. The lowest BCUT2D eigenvalue weighted by molar-refractivity contribution is -0.166. The Kier molecular flexibility index (Phi) is 6.79. The van der Waals surface area contributed by atoms with Crippen LogP contribution < -0.4 is 5.32 Å². The highest BCUT2D eigenvalue weighted by atomic mass is 16.6. The molecule has 27 heavy (non-hydrogen) atoms. The molecule has 1 heterocycles. The van der Waals surface area contributed by atoms with Crippen LogP contribution in [0.25, 0.3) is 0 Å². The van der Waals surface area contributed by atoms with E-state index in [1.165, 1.54) is 12.0 Å². The van der Waals surface area contributed by atoms with Crippen molar-refractivity contribution in [2.24, 2.45) is 0 Å². The van der Waals surface area contributed by atoms with E-state index < -0.39 is 35.7 Å². The Morgan fingerprint density at radius 3 is 2.56 bits per heavy atom. The number of hydrogen-bond acceptors (Lipinski definition) is 6. The quantitative estimate of drug-likeness (QED) is 0.780. The summed E-state index contributed by atoms with van der Waals surface area (Å²) >= 11 is 0. The van der Waals surface area contributed by atoms with Crippen molar-refractivity contribution in [2.75, 3.05) is 20.4 Å². The van der Waals surface area contributed by atoms with Gasteiger partial charge in [0, 0.05) is 6.42 Å². The molecule has 1 aliphatic heterocycles. The second-order valence-corrected chi connectivity index (χ2v) is 7.24. The summed E-state index contributed by atoms with van der Waals surface area (Å²) in [6.45, 7) is 5.13. The summed E-state index contributed by atoms with van der Waals surface area (Å²) in [5.74, 6) is -0.966. The lowest BCUT2D eigenvalue weighted by Gasteiger charge is -2.36. The average Bonchev–Trinajstić information content (AvgIpc) is 2.60. The molecule has 1 fully saturated rings. The molecule has 1 aromatic carbocycles. The maximum absolute atomic E-state index is 12.8. The number of nitrogens with one attached hydrogen (secondary N) is 1. The normalized spacial score (nSPS) is 18.6. The van der Waals surface area contributed by atoms with Crippen molar-refractivity contribution < 1.29 is 28.6 Å². The van der Waals surface area contributed by atoms with Crippen LogP contribution in [0.15, 0.2) is 30.3 Å². The zero-order valence-electron chi connectivity index (χ0n) is 16.1. The maximum atomic E-state index is 12.8. The first-order chi connectivity index (χ1) is 12.7. The van der Waals surface area contributed by atoms with Crippen molar-refractivity contribution in [1.29, 1.82) is 0 Å². The molecule has 2 atom stereocenters. The molecule has 0 bridgehead atoms. The second-order valence-electron chi connectivity index (χ2n) is 7.24. The summed E-state index contributed by atoms with van der Waals surface area (Å²) in [6.07, 6.45) is -0.439. The fourth-order valence-electron chi connectivity index (χ4n) is 2.69. The Bertz CT molecular complexity index is 671. The van der Waals surface area contributed by atoms with Gasteiger partial charge in [0.25, 0.3) is 0 Å². The van der Waals surface area contributed by atoms with Gasteiger partial charge in [-0.3, -0.25) is 4.79 Å². The van der Waals surface area contributed by atoms with Gasteiger partial charge in [0.15, 0.2) is 0 Å². The van der Waals surface area contributed by atoms with Crippen LogP contribution in [0, 0.1) is 0 Å². The van der Waals surface area contributed by atoms with Crippen molar-refractivity contribution in [1.82, 2.24) is 10.2 Å². The minimum atomic E-state index is -0.934. The summed E-state index contributed by atoms with van der Waals surface area (Å²) in [5, 5.41) is 2.50. The number of esters is 1. The largest absolute Gasteiger partial charge is 0.467 e. The zero-order chi connectivity index (χ0) is 20.0. The van der Waals surface area contributed by atoms with E-state index in [1.807, 2.05) is 30.3 Å². The fraction of sp³-hybridized carbons (Fsp3) is 0.526. The molecular formula is C19H26N2O6. The number of alkyl carbamates (subject to hydrolysis) is 1. The van der Waals surface area contributed by atoms with Crippen LogP contribution in [0.3, 0.4) is 0 Å². The minimum Gasteiger partial charge on any atom is -0.467 e. The Balaban J connectivity index is 2.12. The van der Waals surface area contributed by atoms with Crippen LogP contribution in [0.2, 0.25) is 0 Å². The fourth-order valence-corrected chi connectivity index (χ4v) is 2.69. The highest BCUT2D eigenvalue weighted by molar-refractivity contribution is 5.90. The van der Waals surface area contributed by atoms with Crippen LogP contribution >= 0.6 is 0 Å². The number of benzene rings is 1. The van der Waals surface area contributed by atoms with Gasteiger partial charge in [-0.2, -0.15) is 0 Å². The van der Waals surface area contributed by atoms with Gasteiger partial charge in [-0.15, -0.1) is 0 Å². The number of ether oxygens (including phenoxy) is 3. The molecule has 0 unspecified atom stereocenters. The van der Waals surface area contributed by atoms with Crippen molar-refractivity contribution in [3.63, 3.8) is 0 Å². The predicted molar refractivity (Wildman–Crippen MR) is 96.8 cm³/mol. The molecule has 148 valence electrons. The van der Waals surface area contributed by atoms with Gasteiger partial charge in [-0.25, -0.2) is 9.59 Å². The highest BCUT2D eigenvalue weighted by Gasteiger charge is 2.39. The third kappa shape index (κ3) is 5.96. The van der Waals surface area contributed by atoms with E-state index in [2.05, 4.69) is 5.32 Å². The van der Waals surface area contributed by atoms with Crippen LogP contribution in [0.5, 0.6) is 0 Å². The molecule has 1 aromatic rings. The SMILES string of the molecule is COC(=O)[C@H](Cc1ccccc1)N1COC[C@H](NC(=O)OC(C)(C)C)C1=O. The number of amides is 2. The smallest absolute Gasteiger partial charge is 0.408 e. The van der Waals surface area contributed by atoms with Gasteiger partial charge in [0.05, 0.1) is 13.7 Å². The number of hydrogen-bond donors (Lipinski definition) is 1. The van der Waals surface area contributed by atoms with Crippen LogP contribution in [-0.2, 0) is 30.2 Å². The average molecular weight is 378 g/mol. The topological polar surface area (TPSA) is 94.2 Å². The maximum Gasteiger partial charge on any atom is 0.408 e. The third-order valence-electron chi connectivity index (χ3n) is 3.91. The van der Waals surface area contributed by atoms with Crippen LogP contribution in [0.4, 0.5) is 4.79 Å². The lowest BCUT2D eigenvalue weighted by atomic mass is 10.0. The number of rotatable bonds is 5. The van der Waals surface area contributed by atoms with E-state index in [1.54, 1.807) is 20.8 Å². The first-order valence-electron chi connectivity index (χ1n) is 8.71. The Labute approximate surface area is 158 Å². The monoisotopic (exact) mass is 378 g/mol. The molecule has 8 heteroatoms. The Hall–Kier alpha value is -2.61. The second kappa shape index (κ2) is 8.85. The van der Waals surface area contributed by atoms with E-state index in [4.69, 9.17) is 14.2 Å². The summed E-state index contributed by atoms with van der Waals surface area (Å²) < 4.78 is 15.5. The summed E-state index contributed by atoms with van der Waals surface area (Å²) in [6, 6.07) is 7.51. The minimum absolute atomic E-state index is 0.00774. The van der Waals surface area contributed by atoms with E-state index in [-0.39, 0.29) is 19.8 Å². The third-order valence-corrected chi connectivity index (χ3v) is 3.91. The molecule has 2 rings (SSSR count). The molecule has 8 nitrogen and oxygen atoms in total. The van der Waals surface area contributed by atoms with Gasteiger partial charge in [0.2, 0.25) is 5.91 Å². The number of carbonyl (C=O) groups is 3. The standard InChI is InChI=1S/C19H26N2O6/c1-19(2,3)27-18(24)20-14-11-26-12-21(16(14)22)15(17(23)25-4)10-13-8-6-5-7-9-13/h5-9,14-15H,10-12H2,1-4H3,(H,20,24)/t14-,15-/m0/s1. The van der Waals surface area contributed by atoms with Crippen molar-refractivity contribution in [2.45, 2.75) is 44.9 Å². The molecule has 0 aliphatic carbocycles. The number of carbonyl (C=O) groups excluding carboxylic acids is 3. The summed E-state index contributed by atoms with van der Waals surface area (Å²) in [4.78, 5) is 38.4. The molecule has 0 aromatic heterocycles. The van der Waals surface area contributed by atoms with Crippen molar-refractivity contribution >= 4 is 18.0 Å². The van der Waals surface area contributed by atoms with Crippen LogP contribution in [0.1, 0.15) is 26.3 Å². The lowest BCUT2D eigenvalue weighted by Crippen LogP contribution is -2.60. The molecule has 0 saturated carbocycles. The molecule has 1 aliphatic rings. The first kappa shape index (κ1) is 20.7. The molecule has 1 saturated heterocycles. The number of methoxy groups -OCH3 is 1. The Morgan fingerprint density at radius 2 is 1.96 bits per heavy atom. The Morgan fingerprint density at radius 1 is 1.30 bits per heavy atom. The van der Waals surface area contributed by atoms with Crippen molar-refractivity contribution in [3.8, 4) is 0 Å². The van der Waals surface area contributed by atoms with Gasteiger partial charge < -0.3 is 24.4 Å². The van der Waals surface area contributed by atoms with E-state index in [0.717, 1.165) is 5.56 Å². The van der Waals surface area contributed by atoms with Crippen molar-refractivity contribution in [3.05, 3.63) is 35.9 Å². The first-order valence-corrected chi connectivity index (χ1v) is 8.71. The molecule has 2 amide bonds. The zero-order valence-corrected chi connectivity index (χ0v) is 16.1. The van der Waals surface area contributed by atoms with E-state index >= 15 is 0 Å². The van der Waals surface area contributed by atoms with Crippen LogP contribution in [-0.4, -0.2) is 61.0 Å². The molecule has 0 spiro atoms. The summed E-state index contributed by atoms with van der Waals surface area (Å²) in [7, 11) is 1.27. The molecule has 1 N–H and O–H groups in total. The molecular weight excluding hydrogens is 352 g/mol. The van der Waals surface area contributed by atoms with Gasteiger partial charge in [-0.1, -0.05) is 30.3 Å².